The normalized spacial score (nSPS) is 22.6. The van der Waals surface area contributed by atoms with Gasteiger partial charge in [-0.05, 0) is 47.8 Å². The molecular formula is C14H15BrFNO3. The van der Waals surface area contributed by atoms with E-state index in [0.717, 1.165) is 0 Å². The van der Waals surface area contributed by atoms with Crippen LogP contribution in [0.3, 0.4) is 0 Å². The summed E-state index contributed by atoms with van der Waals surface area (Å²) in [5.41, 5.74) is 0.0139. The lowest BCUT2D eigenvalue weighted by Gasteiger charge is -2.36. The lowest BCUT2D eigenvalue weighted by atomic mass is 9.91. The quantitative estimate of drug-likeness (QED) is 0.898. The first-order chi connectivity index (χ1) is 9.41. The van der Waals surface area contributed by atoms with Crippen LogP contribution in [0.2, 0.25) is 0 Å². The lowest BCUT2D eigenvalue weighted by molar-refractivity contribution is -0.143. The SMILES string of the molecule is CC1CC(C(=O)O)CCN1C(=O)c1cccc(Br)c1F. The number of amides is 1. The van der Waals surface area contributed by atoms with Gasteiger partial charge in [-0.1, -0.05) is 6.07 Å². The summed E-state index contributed by atoms with van der Waals surface area (Å²) in [6.45, 7) is 2.13. The fourth-order valence-electron chi connectivity index (χ4n) is 2.52. The number of carboxylic acid groups (broad SMARTS) is 1. The van der Waals surface area contributed by atoms with Gasteiger partial charge in [0.2, 0.25) is 0 Å². The monoisotopic (exact) mass is 343 g/mol. The fourth-order valence-corrected chi connectivity index (χ4v) is 2.89. The van der Waals surface area contributed by atoms with Crippen LogP contribution >= 0.6 is 15.9 Å². The van der Waals surface area contributed by atoms with Gasteiger partial charge in [0.25, 0.3) is 5.91 Å². The molecule has 2 rings (SSSR count). The van der Waals surface area contributed by atoms with Crippen molar-refractivity contribution in [1.82, 2.24) is 4.90 Å². The van der Waals surface area contributed by atoms with Crippen molar-refractivity contribution in [3.8, 4) is 0 Å². The number of piperidine rings is 1. The van der Waals surface area contributed by atoms with Gasteiger partial charge < -0.3 is 10.0 Å². The molecule has 4 nitrogen and oxygen atoms in total. The Labute approximate surface area is 124 Å². The van der Waals surface area contributed by atoms with Crippen LogP contribution in [0.5, 0.6) is 0 Å². The number of carboxylic acids is 1. The second-order valence-corrected chi connectivity index (χ2v) is 5.86. The van der Waals surface area contributed by atoms with Gasteiger partial charge in [0, 0.05) is 12.6 Å². The number of nitrogens with zero attached hydrogens (tertiary/aromatic N) is 1. The molecular weight excluding hydrogens is 329 g/mol. The van der Waals surface area contributed by atoms with Crippen LogP contribution in [0.15, 0.2) is 22.7 Å². The van der Waals surface area contributed by atoms with E-state index < -0.39 is 17.7 Å². The van der Waals surface area contributed by atoms with E-state index in [0.29, 0.717) is 19.4 Å². The first kappa shape index (κ1) is 15.0. The number of rotatable bonds is 2. The summed E-state index contributed by atoms with van der Waals surface area (Å²) in [6.07, 6.45) is 0.803. The summed E-state index contributed by atoms with van der Waals surface area (Å²) in [4.78, 5) is 24.9. The number of aliphatic carboxylic acids is 1. The molecule has 2 unspecified atom stereocenters. The maximum Gasteiger partial charge on any atom is 0.306 e. The molecule has 0 saturated carbocycles. The van der Waals surface area contributed by atoms with Gasteiger partial charge in [0.05, 0.1) is 16.0 Å². The number of hydrogen-bond acceptors (Lipinski definition) is 2. The minimum Gasteiger partial charge on any atom is -0.481 e. The Kier molecular flexibility index (Phi) is 4.42. The summed E-state index contributed by atoms with van der Waals surface area (Å²) in [5, 5.41) is 9.01. The summed E-state index contributed by atoms with van der Waals surface area (Å²) >= 11 is 3.06. The van der Waals surface area contributed by atoms with E-state index in [2.05, 4.69) is 15.9 Å². The number of halogens is 2. The number of hydrogen-bond donors (Lipinski definition) is 1. The molecule has 0 aliphatic carbocycles. The lowest BCUT2D eigenvalue weighted by Crippen LogP contribution is -2.46. The Morgan fingerprint density at radius 3 is 2.75 bits per heavy atom. The van der Waals surface area contributed by atoms with E-state index in [4.69, 9.17) is 5.11 Å². The average Bonchev–Trinajstić information content (AvgIpc) is 2.41. The number of benzene rings is 1. The smallest absolute Gasteiger partial charge is 0.306 e. The van der Waals surface area contributed by atoms with E-state index in [9.17, 15) is 14.0 Å². The second kappa shape index (κ2) is 5.91. The Morgan fingerprint density at radius 1 is 1.45 bits per heavy atom. The van der Waals surface area contributed by atoms with Crippen molar-refractivity contribution in [2.75, 3.05) is 6.54 Å². The number of likely N-dealkylation sites (tertiary alicyclic amines) is 1. The molecule has 6 heteroatoms. The van der Waals surface area contributed by atoms with Gasteiger partial charge in [-0.25, -0.2) is 4.39 Å². The molecule has 1 saturated heterocycles. The molecule has 108 valence electrons. The van der Waals surface area contributed by atoms with Gasteiger partial charge in [-0.15, -0.1) is 0 Å². The first-order valence-corrected chi connectivity index (χ1v) is 7.19. The van der Waals surface area contributed by atoms with Crippen LogP contribution in [0.25, 0.3) is 0 Å². The molecule has 1 N–H and O–H groups in total. The van der Waals surface area contributed by atoms with E-state index in [1.165, 1.54) is 12.1 Å². The van der Waals surface area contributed by atoms with E-state index in [1.807, 2.05) is 0 Å². The van der Waals surface area contributed by atoms with Crippen LogP contribution in [0.4, 0.5) is 4.39 Å². The summed E-state index contributed by atoms with van der Waals surface area (Å²) in [5.74, 6) is -2.23. The highest BCUT2D eigenvalue weighted by atomic mass is 79.9. The highest BCUT2D eigenvalue weighted by Crippen LogP contribution is 2.26. The Bertz CT molecular complexity index is 549. The van der Waals surface area contributed by atoms with Crippen molar-refractivity contribution in [3.05, 3.63) is 34.1 Å². The van der Waals surface area contributed by atoms with Crippen LogP contribution < -0.4 is 0 Å². The summed E-state index contributed by atoms with van der Waals surface area (Å²) < 4.78 is 14.2. The Balaban J connectivity index is 2.18. The fraction of sp³-hybridized carbons (Fsp3) is 0.429. The zero-order valence-electron chi connectivity index (χ0n) is 11.0. The van der Waals surface area contributed by atoms with E-state index >= 15 is 0 Å². The molecule has 1 aromatic rings. The second-order valence-electron chi connectivity index (χ2n) is 5.01. The molecule has 0 radical (unpaired) electrons. The molecule has 0 aromatic heterocycles. The summed E-state index contributed by atoms with van der Waals surface area (Å²) in [6, 6.07) is 4.37. The minimum atomic E-state index is -0.836. The molecule has 1 aliphatic heterocycles. The maximum absolute atomic E-state index is 14.0. The van der Waals surface area contributed by atoms with E-state index in [1.54, 1.807) is 17.9 Å². The minimum absolute atomic E-state index is 0.0139. The average molecular weight is 344 g/mol. The third kappa shape index (κ3) is 2.85. The number of carbonyl (C=O) groups excluding carboxylic acids is 1. The van der Waals surface area contributed by atoms with Gasteiger partial charge >= 0.3 is 5.97 Å². The van der Waals surface area contributed by atoms with Crippen LogP contribution in [0, 0.1) is 11.7 Å². The van der Waals surface area contributed by atoms with Crippen LogP contribution in [-0.4, -0.2) is 34.5 Å². The molecule has 1 aliphatic rings. The molecule has 20 heavy (non-hydrogen) atoms. The van der Waals surface area contributed by atoms with Gasteiger partial charge in [-0.3, -0.25) is 9.59 Å². The van der Waals surface area contributed by atoms with Gasteiger partial charge in [0.15, 0.2) is 0 Å². The molecule has 1 aromatic carbocycles. The third-order valence-corrected chi connectivity index (χ3v) is 4.28. The highest BCUT2D eigenvalue weighted by molar-refractivity contribution is 9.10. The molecule has 0 spiro atoms. The zero-order valence-corrected chi connectivity index (χ0v) is 12.6. The molecule has 1 amide bonds. The molecule has 1 heterocycles. The van der Waals surface area contributed by atoms with Crippen molar-refractivity contribution in [1.29, 1.82) is 0 Å². The Hall–Kier alpha value is -1.43. The van der Waals surface area contributed by atoms with E-state index in [-0.39, 0.29) is 22.0 Å². The largest absolute Gasteiger partial charge is 0.481 e. The first-order valence-electron chi connectivity index (χ1n) is 6.39. The predicted octanol–water partition coefficient (Wildman–Crippen LogP) is 2.91. The van der Waals surface area contributed by atoms with Gasteiger partial charge in [0.1, 0.15) is 5.82 Å². The Morgan fingerprint density at radius 2 is 2.15 bits per heavy atom. The highest BCUT2D eigenvalue weighted by Gasteiger charge is 2.33. The zero-order chi connectivity index (χ0) is 14.9. The molecule has 0 bridgehead atoms. The van der Waals surface area contributed by atoms with Crippen molar-refractivity contribution in [2.45, 2.75) is 25.8 Å². The third-order valence-electron chi connectivity index (χ3n) is 3.67. The topological polar surface area (TPSA) is 57.6 Å². The molecule has 2 atom stereocenters. The maximum atomic E-state index is 14.0. The van der Waals surface area contributed by atoms with Crippen molar-refractivity contribution < 1.29 is 19.1 Å². The van der Waals surface area contributed by atoms with Crippen molar-refractivity contribution in [2.24, 2.45) is 5.92 Å². The van der Waals surface area contributed by atoms with Crippen molar-refractivity contribution in [3.63, 3.8) is 0 Å². The number of carbonyl (C=O) groups is 2. The van der Waals surface area contributed by atoms with Crippen LogP contribution in [0.1, 0.15) is 30.1 Å². The van der Waals surface area contributed by atoms with Gasteiger partial charge in [-0.2, -0.15) is 0 Å². The summed E-state index contributed by atoms with van der Waals surface area (Å²) in [7, 11) is 0. The van der Waals surface area contributed by atoms with Crippen LogP contribution in [-0.2, 0) is 4.79 Å². The molecule has 1 fully saturated rings. The predicted molar refractivity (Wildman–Crippen MR) is 75.0 cm³/mol. The van der Waals surface area contributed by atoms with Crippen molar-refractivity contribution >= 4 is 27.8 Å². The standard InChI is InChI=1S/C14H15BrFNO3/c1-8-7-9(14(19)20)5-6-17(8)13(18)10-3-2-4-11(15)12(10)16/h2-4,8-9H,5-7H2,1H3,(H,19,20).